The second-order valence-corrected chi connectivity index (χ2v) is 5.04. The van der Waals surface area contributed by atoms with Crippen LogP contribution >= 0.6 is 11.6 Å². The summed E-state index contributed by atoms with van der Waals surface area (Å²) in [6.07, 6.45) is -0.274. The number of carbonyl (C=O) groups excluding carboxylic acids is 3. The van der Waals surface area contributed by atoms with Gasteiger partial charge in [-0.15, -0.1) is 11.6 Å². The van der Waals surface area contributed by atoms with Crippen LogP contribution in [0.5, 0.6) is 0 Å². The van der Waals surface area contributed by atoms with Crippen LogP contribution in [0.1, 0.15) is 34.7 Å². The number of hydrogen-bond donors (Lipinski definition) is 0. The minimum Gasteiger partial charge on any atom is -1.00 e. The molecule has 1 aromatic rings. The standard InChI is InChI=1S/C7H6ClNO2.C6H8O4.CH2O3.CH4.2K.H/c8-5-6-1-3-7(4-2-6)9(10)11;1-6(2)9-4(7)3-5(8)10-6;2-1-4-3;;;;/h1-4H,5H2;3H2,1-2H3;1,3H;1H4;;;/q;;;;2*+1;-1/p-1. The van der Waals surface area contributed by atoms with Crippen LogP contribution in [0.2, 0.25) is 0 Å². The third kappa shape index (κ3) is 17.4. The summed E-state index contributed by atoms with van der Waals surface area (Å²) >= 11 is 5.49. The van der Waals surface area contributed by atoms with Crippen LogP contribution in [-0.2, 0) is 34.6 Å². The number of nitrogens with zero attached hydrogens (tertiary/aromatic N) is 1. The van der Waals surface area contributed by atoms with E-state index in [4.69, 9.17) is 21.7 Å². The van der Waals surface area contributed by atoms with Gasteiger partial charge in [0.05, 0.1) is 4.92 Å². The van der Waals surface area contributed by atoms with Crippen molar-refractivity contribution in [2.45, 2.75) is 39.4 Å². The molecule has 148 valence electrons. The first kappa shape index (κ1) is 36.0. The van der Waals surface area contributed by atoms with Gasteiger partial charge in [0.2, 0.25) is 0 Å². The summed E-state index contributed by atoms with van der Waals surface area (Å²) < 4.78 is 9.32. The van der Waals surface area contributed by atoms with E-state index in [9.17, 15) is 19.7 Å². The number of nitro groups is 1. The van der Waals surface area contributed by atoms with Crippen LogP contribution in [0.25, 0.3) is 0 Å². The molecular weight excluding hydrogens is 452 g/mol. The fourth-order valence-corrected chi connectivity index (χ4v) is 1.64. The SMILES string of the molecule is C.CC1(C)OC(=O)CC(=O)O1.O=CO[O-].O=[N+]([O-])c1ccc(CCl)cc1.[H-].[K+].[K+]. The summed E-state index contributed by atoms with van der Waals surface area (Å²) in [5.41, 5.74) is 0.983. The van der Waals surface area contributed by atoms with E-state index < -0.39 is 22.6 Å². The molecule has 1 saturated heterocycles. The number of carbonyl (C=O) groups is 3. The van der Waals surface area contributed by atoms with E-state index in [1.54, 1.807) is 12.1 Å². The minimum absolute atomic E-state index is 0. The first-order chi connectivity index (χ1) is 11.6. The molecule has 1 aliphatic heterocycles. The average Bonchev–Trinajstić information content (AvgIpc) is 2.53. The topological polar surface area (TPSA) is 145 Å². The average molecular weight is 472 g/mol. The molecule has 0 unspecified atom stereocenters. The van der Waals surface area contributed by atoms with Crippen molar-refractivity contribution in [2.75, 3.05) is 0 Å². The van der Waals surface area contributed by atoms with Crippen molar-refractivity contribution in [3.8, 4) is 0 Å². The van der Waals surface area contributed by atoms with Crippen LogP contribution in [0.15, 0.2) is 24.3 Å². The van der Waals surface area contributed by atoms with Gasteiger partial charge < -0.3 is 21.0 Å². The van der Waals surface area contributed by atoms with Gasteiger partial charge in [-0.05, 0) is 5.56 Å². The summed E-state index contributed by atoms with van der Waals surface area (Å²) in [5, 5.41) is 18.6. The molecule has 28 heavy (non-hydrogen) atoms. The Morgan fingerprint density at radius 3 is 1.86 bits per heavy atom. The van der Waals surface area contributed by atoms with Crippen molar-refractivity contribution in [1.29, 1.82) is 0 Å². The molecule has 0 aromatic heterocycles. The fourth-order valence-electron chi connectivity index (χ4n) is 1.47. The number of hydrogen-bond acceptors (Lipinski definition) is 9. The Bertz CT molecular complexity index is 600. The number of cyclic esters (lactones) is 2. The second kappa shape index (κ2) is 19.5. The van der Waals surface area contributed by atoms with E-state index >= 15 is 0 Å². The first-order valence-electron chi connectivity index (χ1n) is 6.60. The smallest absolute Gasteiger partial charge is 1.00 e. The Labute approximate surface area is 254 Å². The minimum atomic E-state index is -1.08. The molecule has 1 aliphatic rings. The van der Waals surface area contributed by atoms with E-state index in [-0.39, 0.29) is 130 Å². The van der Waals surface area contributed by atoms with Crippen molar-refractivity contribution in [3.05, 3.63) is 39.9 Å². The van der Waals surface area contributed by atoms with Crippen LogP contribution in [0.4, 0.5) is 5.69 Å². The van der Waals surface area contributed by atoms with E-state index in [2.05, 4.69) is 14.4 Å². The Morgan fingerprint density at radius 1 is 1.21 bits per heavy atom. The Hall–Kier alpha value is 0.553. The number of esters is 2. The van der Waals surface area contributed by atoms with Gasteiger partial charge in [-0.1, -0.05) is 19.6 Å². The molecule has 10 nitrogen and oxygen atoms in total. The zero-order valence-electron chi connectivity index (χ0n) is 16.3. The maximum absolute atomic E-state index is 10.6. The quantitative estimate of drug-likeness (QED) is 0.0624. The summed E-state index contributed by atoms with van der Waals surface area (Å²) in [6.45, 7) is 2.85. The van der Waals surface area contributed by atoms with Crippen LogP contribution in [-0.4, -0.2) is 29.1 Å². The Balaban J connectivity index is -0.000000101. The van der Waals surface area contributed by atoms with Crippen molar-refractivity contribution in [1.82, 2.24) is 0 Å². The fraction of sp³-hybridized carbons (Fsp3) is 0.400. The van der Waals surface area contributed by atoms with Crippen LogP contribution in [0, 0.1) is 10.1 Å². The van der Waals surface area contributed by atoms with Gasteiger partial charge in [-0.2, -0.15) is 0 Å². The van der Waals surface area contributed by atoms with Crippen molar-refractivity contribution in [2.24, 2.45) is 0 Å². The normalized spacial score (nSPS) is 12.9. The maximum Gasteiger partial charge on any atom is 1.00 e. The molecule has 0 N–H and O–H groups in total. The van der Waals surface area contributed by atoms with E-state index in [1.807, 2.05) is 0 Å². The van der Waals surface area contributed by atoms with Gasteiger partial charge in [0.1, 0.15) is 6.42 Å². The van der Waals surface area contributed by atoms with Crippen molar-refractivity contribution >= 4 is 35.7 Å². The van der Waals surface area contributed by atoms with E-state index in [0.717, 1.165) is 5.56 Å². The Kier molecular flexibility index (Phi) is 25.1. The molecular formula is C15H20ClK2NO9. The van der Waals surface area contributed by atoms with Crippen LogP contribution in [0.3, 0.4) is 0 Å². The zero-order chi connectivity index (χ0) is 19.5. The number of alkyl halides is 1. The predicted octanol–water partition coefficient (Wildman–Crippen LogP) is -4.26. The maximum atomic E-state index is 10.6. The summed E-state index contributed by atoms with van der Waals surface area (Å²) in [6, 6.07) is 6.17. The van der Waals surface area contributed by atoms with Crippen molar-refractivity contribution < 1.29 is 143 Å². The number of non-ortho nitro benzene ring substituents is 1. The summed E-state index contributed by atoms with van der Waals surface area (Å²) in [5.74, 6) is -1.74. The molecule has 0 saturated carbocycles. The molecule has 1 fully saturated rings. The predicted molar refractivity (Wildman–Crippen MR) is 88.5 cm³/mol. The summed E-state index contributed by atoms with van der Waals surface area (Å²) in [7, 11) is 0. The van der Waals surface area contributed by atoms with E-state index in [0.29, 0.717) is 5.88 Å². The molecule has 0 amide bonds. The van der Waals surface area contributed by atoms with E-state index in [1.165, 1.54) is 26.0 Å². The zero-order valence-corrected chi connectivity index (χ0v) is 22.3. The van der Waals surface area contributed by atoms with Gasteiger partial charge in [-0.25, -0.2) is 0 Å². The molecule has 0 aliphatic carbocycles. The molecule has 0 bridgehead atoms. The molecule has 0 atom stereocenters. The molecule has 13 heteroatoms. The Morgan fingerprint density at radius 2 is 1.61 bits per heavy atom. The number of rotatable bonds is 3. The number of nitro benzene ring substituents is 1. The largest absolute Gasteiger partial charge is 1.00 e. The molecule has 2 rings (SSSR count). The summed E-state index contributed by atoms with van der Waals surface area (Å²) in [4.78, 5) is 42.1. The van der Waals surface area contributed by atoms with Gasteiger partial charge >= 0.3 is 115 Å². The molecule has 1 aromatic carbocycles. The molecule has 0 spiro atoms. The van der Waals surface area contributed by atoms with Crippen molar-refractivity contribution in [3.63, 3.8) is 0 Å². The molecule has 1 heterocycles. The number of benzene rings is 1. The van der Waals surface area contributed by atoms with Crippen LogP contribution < -0.4 is 108 Å². The van der Waals surface area contributed by atoms with Gasteiger partial charge in [0.15, 0.2) is 0 Å². The monoisotopic (exact) mass is 471 g/mol. The van der Waals surface area contributed by atoms with Gasteiger partial charge in [0, 0.05) is 31.9 Å². The number of ether oxygens (including phenoxy) is 2. The van der Waals surface area contributed by atoms with Gasteiger partial charge in [-0.3, -0.25) is 24.5 Å². The third-order valence-corrected chi connectivity index (χ3v) is 2.66. The molecule has 0 radical (unpaired) electrons. The van der Waals surface area contributed by atoms with Gasteiger partial charge in [0.25, 0.3) is 17.9 Å². The second-order valence-electron chi connectivity index (χ2n) is 4.77. The first-order valence-corrected chi connectivity index (χ1v) is 7.14. The third-order valence-electron chi connectivity index (χ3n) is 2.35. The number of halogens is 1.